The molecule has 1 rings (SSSR count). The lowest BCUT2D eigenvalue weighted by Gasteiger charge is -2.41. The third kappa shape index (κ3) is 3.45. The van der Waals surface area contributed by atoms with Crippen molar-refractivity contribution in [3.05, 3.63) is 0 Å². The number of hydrogen-bond acceptors (Lipinski definition) is 3. The van der Waals surface area contributed by atoms with Gasteiger partial charge in [0, 0.05) is 13.1 Å². The predicted octanol–water partition coefficient (Wildman–Crippen LogP) is 1.35. The first-order valence-corrected chi connectivity index (χ1v) is 7.34. The van der Waals surface area contributed by atoms with Crippen molar-refractivity contribution in [3.63, 3.8) is 0 Å². The molecular formula is C14H29N3O. The van der Waals surface area contributed by atoms with Crippen molar-refractivity contribution in [1.29, 1.82) is 0 Å². The second-order valence-electron chi connectivity index (χ2n) is 5.44. The van der Waals surface area contributed by atoms with Gasteiger partial charge in [-0.2, -0.15) is 0 Å². The summed E-state index contributed by atoms with van der Waals surface area (Å²) in [5, 5.41) is 3.47. The third-order valence-electron chi connectivity index (χ3n) is 4.50. The SMILES string of the molecule is CCN(CC)CCNC1(C(N)=O)CCCCC1C. The first-order chi connectivity index (χ1) is 8.56. The molecule has 106 valence electrons. The number of amides is 1. The molecule has 0 radical (unpaired) electrons. The predicted molar refractivity (Wildman–Crippen MR) is 75.3 cm³/mol. The van der Waals surface area contributed by atoms with E-state index in [-0.39, 0.29) is 5.91 Å². The Bertz CT molecular complexity index is 266. The molecule has 0 saturated heterocycles. The quantitative estimate of drug-likeness (QED) is 0.722. The van der Waals surface area contributed by atoms with E-state index in [9.17, 15) is 4.79 Å². The molecule has 0 aromatic heterocycles. The van der Waals surface area contributed by atoms with Gasteiger partial charge in [0.05, 0.1) is 0 Å². The lowest BCUT2D eigenvalue weighted by Crippen LogP contribution is -2.61. The van der Waals surface area contributed by atoms with E-state index in [2.05, 4.69) is 31.0 Å². The molecule has 0 bridgehead atoms. The lowest BCUT2D eigenvalue weighted by atomic mass is 9.73. The molecule has 1 fully saturated rings. The van der Waals surface area contributed by atoms with E-state index in [4.69, 9.17) is 5.73 Å². The minimum Gasteiger partial charge on any atom is -0.368 e. The summed E-state index contributed by atoms with van der Waals surface area (Å²) in [7, 11) is 0. The Balaban J connectivity index is 2.55. The van der Waals surface area contributed by atoms with E-state index in [0.717, 1.165) is 45.4 Å². The molecule has 0 aromatic carbocycles. The fourth-order valence-corrected chi connectivity index (χ4v) is 3.04. The van der Waals surface area contributed by atoms with Gasteiger partial charge in [-0.25, -0.2) is 0 Å². The van der Waals surface area contributed by atoms with E-state index in [1.807, 2.05) is 0 Å². The Hall–Kier alpha value is -0.610. The standard InChI is InChI=1S/C14H29N3O/c1-4-17(5-2)11-10-16-14(13(15)18)9-7-6-8-12(14)3/h12,16H,4-11H2,1-3H3,(H2,15,18). The monoisotopic (exact) mass is 255 g/mol. The van der Waals surface area contributed by atoms with Gasteiger partial charge in [0.2, 0.25) is 5.91 Å². The fraction of sp³-hybridized carbons (Fsp3) is 0.929. The van der Waals surface area contributed by atoms with Crippen molar-refractivity contribution in [2.24, 2.45) is 11.7 Å². The van der Waals surface area contributed by atoms with E-state index >= 15 is 0 Å². The Morgan fingerprint density at radius 1 is 1.39 bits per heavy atom. The molecular weight excluding hydrogens is 226 g/mol. The maximum atomic E-state index is 11.8. The van der Waals surface area contributed by atoms with Crippen molar-refractivity contribution in [2.75, 3.05) is 26.2 Å². The highest BCUT2D eigenvalue weighted by Gasteiger charge is 2.42. The molecule has 4 heteroatoms. The number of rotatable bonds is 7. The zero-order valence-electron chi connectivity index (χ0n) is 12.2. The molecule has 0 heterocycles. The number of hydrogen-bond donors (Lipinski definition) is 2. The van der Waals surface area contributed by atoms with Gasteiger partial charge >= 0.3 is 0 Å². The summed E-state index contributed by atoms with van der Waals surface area (Å²) in [6.07, 6.45) is 4.31. The molecule has 0 spiro atoms. The average molecular weight is 255 g/mol. The number of likely N-dealkylation sites (N-methyl/N-ethyl adjacent to an activating group) is 1. The largest absolute Gasteiger partial charge is 0.368 e. The molecule has 0 aromatic rings. The molecule has 2 unspecified atom stereocenters. The molecule has 1 saturated carbocycles. The minimum absolute atomic E-state index is 0.172. The number of nitrogens with two attached hydrogens (primary N) is 1. The number of carbonyl (C=O) groups is 1. The second-order valence-corrected chi connectivity index (χ2v) is 5.44. The van der Waals surface area contributed by atoms with Crippen molar-refractivity contribution in [1.82, 2.24) is 10.2 Å². The van der Waals surface area contributed by atoms with Crippen LogP contribution in [-0.2, 0) is 4.79 Å². The van der Waals surface area contributed by atoms with Crippen LogP contribution in [-0.4, -0.2) is 42.5 Å². The molecule has 1 amide bonds. The van der Waals surface area contributed by atoms with Crippen LogP contribution in [0.3, 0.4) is 0 Å². The summed E-state index contributed by atoms with van der Waals surface area (Å²) < 4.78 is 0. The minimum atomic E-state index is -0.467. The summed E-state index contributed by atoms with van der Waals surface area (Å²) in [5.74, 6) is 0.176. The van der Waals surface area contributed by atoms with Gasteiger partial charge in [0.1, 0.15) is 5.54 Å². The van der Waals surface area contributed by atoms with Gasteiger partial charge in [0.15, 0.2) is 0 Å². The number of carbonyl (C=O) groups excluding carboxylic acids is 1. The van der Waals surface area contributed by atoms with Crippen LogP contribution in [0.1, 0.15) is 46.5 Å². The summed E-state index contributed by atoms with van der Waals surface area (Å²) in [6.45, 7) is 10.4. The smallest absolute Gasteiger partial charge is 0.238 e. The van der Waals surface area contributed by atoms with Crippen LogP contribution in [0.4, 0.5) is 0 Å². The summed E-state index contributed by atoms with van der Waals surface area (Å²) in [6, 6.07) is 0. The van der Waals surface area contributed by atoms with Crippen molar-refractivity contribution in [3.8, 4) is 0 Å². The number of nitrogens with one attached hydrogen (secondary N) is 1. The number of nitrogens with zero attached hydrogens (tertiary/aromatic N) is 1. The van der Waals surface area contributed by atoms with Gasteiger partial charge < -0.3 is 16.0 Å². The van der Waals surface area contributed by atoms with Gasteiger partial charge in [-0.1, -0.05) is 33.6 Å². The average Bonchev–Trinajstić information content (AvgIpc) is 2.36. The topological polar surface area (TPSA) is 58.4 Å². The van der Waals surface area contributed by atoms with Crippen LogP contribution >= 0.6 is 0 Å². The molecule has 1 aliphatic carbocycles. The summed E-state index contributed by atoms with van der Waals surface area (Å²) >= 11 is 0. The molecule has 4 nitrogen and oxygen atoms in total. The first-order valence-electron chi connectivity index (χ1n) is 7.34. The van der Waals surface area contributed by atoms with Crippen LogP contribution in [0, 0.1) is 5.92 Å². The number of primary amides is 1. The molecule has 18 heavy (non-hydrogen) atoms. The van der Waals surface area contributed by atoms with Gasteiger partial charge in [-0.15, -0.1) is 0 Å². The maximum Gasteiger partial charge on any atom is 0.238 e. The zero-order valence-corrected chi connectivity index (χ0v) is 12.2. The Labute approximate surface area is 111 Å². The van der Waals surface area contributed by atoms with E-state index in [1.54, 1.807) is 0 Å². The summed E-state index contributed by atoms with van der Waals surface area (Å²) in [4.78, 5) is 14.2. The van der Waals surface area contributed by atoms with Crippen molar-refractivity contribution >= 4 is 5.91 Å². The fourth-order valence-electron chi connectivity index (χ4n) is 3.04. The van der Waals surface area contributed by atoms with Gasteiger partial charge in [-0.3, -0.25) is 4.79 Å². The third-order valence-corrected chi connectivity index (χ3v) is 4.50. The van der Waals surface area contributed by atoms with Gasteiger partial charge in [0.25, 0.3) is 0 Å². The van der Waals surface area contributed by atoms with Gasteiger partial charge in [-0.05, 0) is 31.8 Å². The van der Waals surface area contributed by atoms with Crippen molar-refractivity contribution in [2.45, 2.75) is 52.0 Å². The van der Waals surface area contributed by atoms with E-state index in [0.29, 0.717) is 5.92 Å². The Morgan fingerprint density at radius 2 is 2.06 bits per heavy atom. The van der Waals surface area contributed by atoms with E-state index < -0.39 is 5.54 Å². The Kier molecular flexibility index (Phi) is 6.09. The summed E-state index contributed by atoms with van der Waals surface area (Å²) in [5.41, 5.74) is 5.19. The van der Waals surface area contributed by atoms with Crippen LogP contribution in [0.5, 0.6) is 0 Å². The Morgan fingerprint density at radius 3 is 2.56 bits per heavy atom. The van der Waals surface area contributed by atoms with Crippen LogP contribution in [0.2, 0.25) is 0 Å². The first kappa shape index (κ1) is 15.4. The highest BCUT2D eigenvalue weighted by molar-refractivity contribution is 5.85. The van der Waals surface area contributed by atoms with Crippen LogP contribution < -0.4 is 11.1 Å². The van der Waals surface area contributed by atoms with Crippen LogP contribution in [0.25, 0.3) is 0 Å². The highest BCUT2D eigenvalue weighted by Crippen LogP contribution is 2.33. The molecule has 2 atom stereocenters. The molecule has 3 N–H and O–H groups in total. The lowest BCUT2D eigenvalue weighted by molar-refractivity contribution is -0.128. The van der Waals surface area contributed by atoms with Crippen LogP contribution in [0.15, 0.2) is 0 Å². The zero-order chi connectivity index (χ0) is 13.6. The normalized spacial score (nSPS) is 28.6. The molecule has 0 aliphatic heterocycles. The van der Waals surface area contributed by atoms with Crippen molar-refractivity contribution < 1.29 is 4.79 Å². The second kappa shape index (κ2) is 7.10. The highest BCUT2D eigenvalue weighted by atomic mass is 16.1. The maximum absolute atomic E-state index is 11.8. The van der Waals surface area contributed by atoms with E-state index in [1.165, 1.54) is 6.42 Å². The molecule has 1 aliphatic rings.